The molecule has 0 unspecified atom stereocenters. The SMILES string of the molecule is O=C(Nc1ccc(-c2ccc(CN3CCOCC3)c3noc(Nc4ccccc4)c23)cc1)Nc1cccc(Oc2ccccc2)c1. The number of fused-ring (bicyclic) bond motifs is 1. The second-order valence-corrected chi connectivity index (χ2v) is 11.0. The highest BCUT2D eigenvalue weighted by atomic mass is 16.5. The Morgan fingerprint density at radius 3 is 2.22 bits per heavy atom. The van der Waals surface area contributed by atoms with Gasteiger partial charge >= 0.3 is 6.03 Å². The van der Waals surface area contributed by atoms with Crippen molar-refractivity contribution in [1.29, 1.82) is 0 Å². The van der Waals surface area contributed by atoms with Gasteiger partial charge in [0.05, 0.1) is 18.6 Å². The van der Waals surface area contributed by atoms with Gasteiger partial charge in [-0.15, -0.1) is 0 Å². The summed E-state index contributed by atoms with van der Waals surface area (Å²) >= 11 is 0. The van der Waals surface area contributed by atoms with Gasteiger partial charge in [0, 0.05) is 42.8 Å². The molecule has 230 valence electrons. The van der Waals surface area contributed by atoms with Crippen molar-refractivity contribution in [2.24, 2.45) is 0 Å². The molecule has 0 aliphatic carbocycles. The molecule has 5 aromatic carbocycles. The molecule has 1 aromatic heterocycles. The van der Waals surface area contributed by atoms with Gasteiger partial charge in [-0.25, -0.2) is 4.79 Å². The normalized spacial score (nSPS) is 13.3. The molecule has 46 heavy (non-hydrogen) atoms. The monoisotopic (exact) mass is 611 g/mol. The van der Waals surface area contributed by atoms with E-state index in [4.69, 9.17) is 14.0 Å². The highest BCUT2D eigenvalue weighted by Gasteiger charge is 2.20. The number of para-hydroxylation sites is 2. The Hall–Kier alpha value is -5.64. The van der Waals surface area contributed by atoms with Crippen LogP contribution >= 0.6 is 0 Å². The van der Waals surface area contributed by atoms with E-state index in [9.17, 15) is 4.79 Å². The number of morpholine rings is 1. The van der Waals surface area contributed by atoms with Crippen molar-refractivity contribution in [3.05, 3.63) is 127 Å². The minimum atomic E-state index is -0.354. The van der Waals surface area contributed by atoms with Gasteiger partial charge in [0.15, 0.2) is 0 Å². The molecule has 0 saturated carbocycles. The molecule has 6 aromatic rings. The molecule has 0 radical (unpaired) electrons. The van der Waals surface area contributed by atoms with E-state index in [0.717, 1.165) is 71.9 Å². The number of amides is 2. The van der Waals surface area contributed by atoms with Crippen molar-refractivity contribution >= 4 is 39.9 Å². The Balaban J connectivity index is 1.10. The van der Waals surface area contributed by atoms with E-state index in [1.807, 2.05) is 103 Å². The summed E-state index contributed by atoms with van der Waals surface area (Å²) in [6.07, 6.45) is 0. The third-order valence-electron chi connectivity index (χ3n) is 7.77. The average Bonchev–Trinajstić information content (AvgIpc) is 3.51. The molecule has 1 aliphatic rings. The quantitative estimate of drug-likeness (QED) is 0.151. The van der Waals surface area contributed by atoms with Crippen molar-refractivity contribution in [3.8, 4) is 22.6 Å². The Morgan fingerprint density at radius 1 is 0.739 bits per heavy atom. The van der Waals surface area contributed by atoms with Gasteiger partial charge in [-0.3, -0.25) is 4.90 Å². The number of hydrogen-bond donors (Lipinski definition) is 3. The minimum absolute atomic E-state index is 0.354. The van der Waals surface area contributed by atoms with Crippen LogP contribution in [0.25, 0.3) is 22.0 Å². The smallest absolute Gasteiger partial charge is 0.323 e. The molecular weight excluding hydrogens is 578 g/mol. The van der Waals surface area contributed by atoms with E-state index in [0.29, 0.717) is 23.0 Å². The van der Waals surface area contributed by atoms with E-state index in [-0.39, 0.29) is 6.03 Å². The van der Waals surface area contributed by atoms with Gasteiger partial charge in [0.25, 0.3) is 0 Å². The first kappa shape index (κ1) is 29.1. The van der Waals surface area contributed by atoms with Gasteiger partial charge in [0.1, 0.15) is 17.0 Å². The van der Waals surface area contributed by atoms with E-state index < -0.39 is 0 Å². The zero-order valence-corrected chi connectivity index (χ0v) is 25.1. The van der Waals surface area contributed by atoms with Gasteiger partial charge in [-0.2, -0.15) is 0 Å². The minimum Gasteiger partial charge on any atom is -0.457 e. The van der Waals surface area contributed by atoms with Crippen LogP contribution in [-0.4, -0.2) is 42.4 Å². The molecule has 1 saturated heterocycles. The molecule has 1 fully saturated rings. The molecule has 0 spiro atoms. The number of carbonyl (C=O) groups is 1. The zero-order valence-electron chi connectivity index (χ0n) is 25.1. The fourth-order valence-corrected chi connectivity index (χ4v) is 5.50. The maximum absolute atomic E-state index is 12.9. The summed E-state index contributed by atoms with van der Waals surface area (Å²) in [5.41, 5.74) is 6.05. The number of benzene rings is 5. The van der Waals surface area contributed by atoms with Gasteiger partial charge < -0.3 is 29.9 Å². The first-order valence-corrected chi connectivity index (χ1v) is 15.2. The molecule has 3 N–H and O–H groups in total. The lowest BCUT2D eigenvalue weighted by atomic mass is 9.98. The van der Waals surface area contributed by atoms with Crippen LogP contribution in [-0.2, 0) is 11.3 Å². The third kappa shape index (κ3) is 6.86. The van der Waals surface area contributed by atoms with E-state index in [1.165, 1.54) is 0 Å². The first-order valence-electron chi connectivity index (χ1n) is 15.2. The lowest BCUT2D eigenvalue weighted by Gasteiger charge is -2.26. The molecule has 2 amide bonds. The van der Waals surface area contributed by atoms with Crippen LogP contribution in [0, 0.1) is 0 Å². The maximum atomic E-state index is 12.9. The number of hydrogen-bond acceptors (Lipinski definition) is 7. The highest BCUT2D eigenvalue weighted by Crippen LogP contribution is 2.38. The number of nitrogens with one attached hydrogen (secondary N) is 3. The molecule has 2 heterocycles. The molecule has 9 heteroatoms. The Bertz CT molecular complexity index is 1920. The zero-order chi connectivity index (χ0) is 31.1. The molecule has 0 atom stereocenters. The van der Waals surface area contributed by atoms with Crippen molar-refractivity contribution in [2.75, 3.05) is 42.3 Å². The summed E-state index contributed by atoms with van der Waals surface area (Å²) in [5.74, 6) is 1.94. The summed E-state index contributed by atoms with van der Waals surface area (Å²) < 4.78 is 17.3. The van der Waals surface area contributed by atoms with Crippen molar-refractivity contribution < 1.29 is 18.8 Å². The standard InChI is InChI=1S/C37H33N5O4/c43-37(40-30-10-7-13-32(24-30)45-31-11-5-2-6-12-31)39-29-17-14-26(15-18-29)33-19-16-27(25-42-20-22-44-23-21-42)35-34(33)36(46-41-35)38-28-8-3-1-4-9-28/h1-19,24,38H,20-23,25H2,(H2,39,40,43). The number of nitrogens with zero attached hydrogens (tertiary/aromatic N) is 2. The average molecular weight is 612 g/mol. The molecule has 0 bridgehead atoms. The summed E-state index contributed by atoms with van der Waals surface area (Å²) in [6, 6.07) is 38.3. The fraction of sp³-hybridized carbons (Fsp3) is 0.135. The van der Waals surface area contributed by atoms with Crippen LogP contribution in [0.2, 0.25) is 0 Å². The highest BCUT2D eigenvalue weighted by molar-refractivity contribution is 6.04. The van der Waals surface area contributed by atoms with Gasteiger partial charge in [-0.1, -0.05) is 71.9 Å². The second kappa shape index (κ2) is 13.6. The van der Waals surface area contributed by atoms with Crippen LogP contribution in [0.3, 0.4) is 0 Å². The largest absolute Gasteiger partial charge is 0.457 e. The second-order valence-electron chi connectivity index (χ2n) is 11.0. The molecule has 7 rings (SSSR count). The first-order chi connectivity index (χ1) is 22.7. The van der Waals surface area contributed by atoms with Crippen LogP contribution in [0.1, 0.15) is 5.56 Å². The number of urea groups is 1. The Labute approximate surface area is 266 Å². The van der Waals surface area contributed by atoms with Crippen molar-refractivity contribution in [3.63, 3.8) is 0 Å². The van der Waals surface area contributed by atoms with Gasteiger partial charge in [-0.05, 0) is 65.2 Å². The summed E-state index contributed by atoms with van der Waals surface area (Å²) in [5, 5.41) is 14.6. The van der Waals surface area contributed by atoms with Crippen LogP contribution in [0.4, 0.5) is 27.7 Å². The van der Waals surface area contributed by atoms with E-state index >= 15 is 0 Å². The molecular formula is C37H33N5O4. The number of anilines is 4. The van der Waals surface area contributed by atoms with Crippen LogP contribution in [0.5, 0.6) is 11.5 Å². The summed E-state index contributed by atoms with van der Waals surface area (Å²) in [4.78, 5) is 15.2. The predicted molar refractivity (Wildman–Crippen MR) is 181 cm³/mol. The third-order valence-corrected chi connectivity index (χ3v) is 7.77. The van der Waals surface area contributed by atoms with Crippen LogP contribution in [0.15, 0.2) is 126 Å². The van der Waals surface area contributed by atoms with Crippen LogP contribution < -0.4 is 20.7 Å². The fourth-order valence-electron chi connectivity index (χ4n) is 5.50. The Morgan fingerprint density at radius 2 is 1.43 bits per heavy atom. The lowest BCUT2D eigenvalue weighted by molar-refractivity contribution is 0.0343. The molecule has 9 nitrogen and oxygen atoms in total. The molecule has 1 aliphatic heterocycles. The number of ether oxygens (including phenoxy) is 2. The Kier molecular flexibility index (Phi) is 8.57. The van der Waals surface area contributed by atoms with Crippen molar-refractivity contribution in [1.82, 2.24) is 10.1 Å². The summed E-state index contributed by atoms with van der Waals surface area (Å²) in [6.45, 7) is 3.98. The van der Waals surface area contributed by atoms with E-state index in [2.05, 4.69) is 38.1 Å². The van der Waals surface area contributed by atoms with Gasteiger partial charge in [0.2, 0.25) is 5.88 Å². The lowest BCUT2D eigenvalue weighted by Crippen LogP contribution is -2.35. The number of carbonyl (C=O) groups excluding carboxylic acids is 1. The predicted octanol–water partition coefficient (Wildman–Crippen LogP) is 8.51. The topological polar surface area (TPSA) is 101 Å². The number of rotatable bonds is 9. The maximum Gasteiger partial charge on any atom is 0.323 e. The van der Waals surface area contributed by atoms with E-state index in [1.54, 1.807) is 6.07 Å². The number of aromatic nitrogens is 1. The van der Waals surface area contributed by atoms with Crippen molar-refractivity contribution in [2.45, 2.75) is 6.54 Å². The summed E-state index contributed by atoms with van der Waals surface area (Å²) in [7, 11) is 0.